The predicted molar refractivity (Wildman–Crippen MR) is 63.0 cm³/mol. The monoisotopic (exact) mass is 219 g/mol. The van der Waals surface area contributed by atoms with E-state index in [0.29, 0.717) is 5.92 Å². The first-order chi connectivity index (χ1) is 7.76. The number of hydrogen-bond donors (Lipinski definition) is 1. The van der Waals surface area contributed by atoms with Crippen LogP contribution in [0, 0.1) is 0 Å². The molecule has 0 saturated carbocycles. The fourth-order valence-electron chi connectivity index (χ4n) is 2.24. The van der Waals surface area contributed by atoms with Crippen molar-refractivity contribution < 1.29 is 9.53 Å². The SMILES string of the molecule is CCCC1CNC(=O)c2ccc(OC)cc21. The minimum atomic E-state index is 0.0324. The molecule has 0 aromatic heterocycles. The van der Waals surface area contributed by atoms with Crippen molar-refractivity contribution in [1.29, 1.82) is 0 Å². The summed E-state index contributed by atoms with van der Waals surface area (Å²) in [4.78, 5) is 11.7. The topological polar surface area (TPSA) is 38.3 Å². The summed E-state index contributed by atoms with van der Waals surface area (Å²) < 4.78 is 5.21. The molecule has 3 nitrogen and oxygen atoms in total. The summed E-state index contributed by atoms with van der Waals surface area (Å²) in [6.45, 7) is 2.91. The Morgan fingerprint density at radius 2 is 2.31 bits per heavy atom. The number of fused-ring (bicyclic) bond motifs is 1. The van der Waals surface area contributed by atoms with E-state index < -0.39 is 0 Å². The largest absolute Gasteiger partial charge is 0.497 e. The third-order valence-electron chi connectivity index (χ3n) is 3.09. The maximum absolute atomic E-state index is 11.7. The van der Waals surface area contributed by atoms with Gasteiger partial charge in [0.25, 0.3) is 5.91 Å². The van der Waals surface area contributed by atoms with Gasteiger partial charge in [-0.3, -0.25) is 4.79 Å². The van der Waals surface area contributed by atoms with Crippen molar-refractivity contribution in [1.82, 2.24) is 5.32 Å². The van der Waals surface area contributed by atoms with Crippen molar-refractivity contribution in [3.05, 3.63) is 29.3 Å². The molecule has 0 spiro atoms. The Balaban J connectivity index is 2.40. The molecule has 86 valence electrons. The van der Waals surface area contributed by atoms with Gasteiger partial charge in [0.2, 0.25) is 0 Å². The van der Waals surface area contributed by atoms with E-state index in [1.165, 1.54) is 0 Å². The Morgan fingerprint density at radius 3 is 3.00 bits per heavy atom. The second kappa shape index (κ2) is 4.56. The van der Waals surface area contributed by atoms with E-state index >= 15 is 0 Å². The van der Waals surface area contributed by atoms with Gasteiger partial charge >= 0.3 is 0 Å². The number of nitrogens with one attached hydrogen (secondary N) is 1. The van der Waals surface area contributed by atoms with Gasteiger partial charge in [-0.1, -0.05) is 13.3 Å². The molecule has 1 aliphatic rings. The number of rotatable bonds is 3. The molecule has 0 fully saturated rings. The van der Waals surface area contributed by atoms with Crippen molar-refractivity contribution in [2.24, 2.45) is 0 Å². The lowest BCUT2D eigenvalue weighted by molar-refractivity contribution is 0.0939. The van der Waals surface area contributed by atoms with Crippen LogP contribution in [0.15, 0.2) is 18.2 Å². The van der Waals surface area contributed by atoms with Crippen LogP contribution in [-0.4, -0.2) is 19.6 Å². The van der Waals surface area contributed by atoms with E-state index in [9.17, 15) is 4.79 Å². The molecule has 1 aromatic carbocycles. The molecule has 1 aromatic rings. The quantitative estimate of drug-likeness (QED) is 0.847. The lowest BCUT2D eigenvalue weighted by Gasteiger charge is -2.25. The van der Waals surface area contributed by atoms with Crippen molar-refractivity contribution in [3.8, 4) is 5.75 Å². The molecule has 3 heteroatoms. The summed E-state index contributed by atoms with van der Waals surface area (Å²) in [5.41, 5.74) is 1.93. The van der Waals surface area contributed by atoms with E-state index in [2.05, 4.69) is 12.2 Å². The summed E-state index contributed by atoms with van der Waals surface area (Å²) in [7, 11) is 1.65. The number of hydrogen-bond acceptors (Lipinski definition) is 2. The Bertz CT molecular complexity index is 401. The summed E-state index contributed by atoms with van der Waals surface area (Å²) in [6, 6.07) is 5.69. The average Bonchev–Trinajstić information content (AvgIpc) is 2.32. The highest BCUT2D eigenvalue weighted by Crippen LogP contribution is 2.30. The van der Waals surface area contributed by atoms with Crippen LogP contribution in [0.3, 0.4) is 0 Å². The first-order valence-electron chi connectivity index (χ1n) is 5.72. The lowest BCUT2D eigenvalue weighted by atomic mass is 9.87. The van der Waals surface area contributed by atoms with Gasteiger partial charge < -0.3 is 10.1 Å². The summed E-state index contributed by atoms with van der Waals surface area (Å²) in [5.74, 6) is 1.28. The molecule has 1 aliphatic heterocycles. The summed E-state index contributed by atoms with van der Waals surface area (Å²) >= 11 is 0. The minimum Gasteiger partial charge on any atom is -0.497 e. The Kier molecular flexibility index (Phi) is 3.13. The zero-order chi connectivity index (χ0) is 11.5. The Morgan fingerprint density at radius 1 is 1.50 bits per heavy atom. The number of amides is 1. The molecule has 0 saturated heterocycles. The fourth-order valence-corrected chi connectivity index (χ4v) is 2.24. The minimum absolute atomic E-state index is 0.0324. The number of methoxy groups -OCH3 is 1. The van der Waals surface area contributed by atoms with Gasteiger partial charge in [-0.25, -0.2) is 0 Å². The molecule has 1 amide bonds. The van der Waals surface area contributed by atoms with Crippen LogP contribution >= 0.6 is 0 Å². The van der Waals surface area contributed by atoms with Crippen LogP contribution in [0.2, 0.25) is 0 Å². The molecule has 1 atom stereocenters. The van der Waals surface area contributed by atoms with Crippen molar-refractivity contribution in [2.45, 2.75) is 25.7 Å². The Hall–Kier alpha value is -1.51. The fraction of sp³-hybridized carbons (Fsp3) is 0.462. The lowest BCUT2D eigenvalue weighted by Crippen LogP contribution is -2.34. The van der Waals surface area contributed by atoms with Crippen LogP contribution in [0.5, 0.6) is 5.75 Å². The number of carbonyl (C=O) groups is 1. The first-order valence-corrected chi connectivity index (χ1v) is 5.72. The molecule has 0 radical (unpaired) electrons. The van der Waals surface area contributed by atoms with Crippen molar-refractivity contribution in [3.63, 3.8) is 0 Å². The molecule has 2 rings (SSSR count). The van der Waals surface area contributed by atoms with Gasteiger partial charge in [0, 0.05) is 18.0 Å². The third kappa shape index (κ3) is 1.90. The molecular formula is C13H17NO2. The highest BCUT2D eigenvalue weighted by atomic mass is 16.5. The smallest absolute Gasteiger partial charge is 0.251 e. The zero-order valence-corrected chi connectivity index (χ0v) is 9.75. The maximum atomic E-state index is 11.7. The summed E-state index contributed by atoms with van der Waals surface area (Å²) in [6.07, 6.45) is 2.22. The second-order valence-electron chi connectivity index (χ2n) is 4.15. The molecule has 16 heavy (non-hydrogen) atoms. The molecule has 1 heterocycles. The van der Waals surface area contributed by atoms with E-state index in [-0.39, 0.29) is 5.91 Å². The van der Waals surface area contributed by atoms with Gasteiger partial charge in [-0.15, -0.1) is 0 Å². The molecule has 1 unspecified atom stereocenters. The van der Waals surface area contributed by atoms with Crippen LogP contribution in [0.25, 0.3) is 0 Å². The van der Waals surface area contributed by atoms with E-state index in [4.69, 9.17) is 4.74 Å². The van der Waals surface area contributed by atoms with Crippen molar-refractivity contribution in [2.75, 3.05) is 13.7 Å². The van der Waals surface area contributed by atoms with Crippen LogP contribution in [0.1, 0.15) is 41.6 Å². The molecule has 0 bridgehead atoms. The Labute approximate surface area is 95.8 Å². The third-order valence-corrected chi connectivity index (χ3v) is 3.09. The first kappa shape index (κ1) is 11.0. The average molecular weight is 219 g/mol. The zero-order valence-electron chi connectivity index (χ0n) is 9.75. The van der Waals surface area contributed by atoms with Gasteiger partial charge in [0.05, 0.1) is 7.11 Å². The second-order valence-corrected chi connectivity index (χ2v) is 4.15. The molecule has 0 aliphatic carbocycles. The van der Waals surface area contributed by atoms with Crippen LogP contribution in [0.4, 0.5) is 0 Å². The number of benzene rings is 1. The van der Waals surface area contributed by atoms with Gasteiger partial charge in [0.15, 0.2) is 0 Å². The standard InChI is InChI=1S/C13H17NO2/c1-3-4-9-8-14-13(15)11-6-5-10(16-2)7-12(9)11/h5-7,9H,3-4,8H2,1-2H3,(H,14,15). The van der Waals surface area contributed by atoms with Gasteiger partial charge in [-0.2, -0.15) is 0 Å². The molecule has 1 N–H and O–H groups in total. The van der Waals surface area contributed by atoms with Crippen molar-refractivity contribution >= 4 is 5.91 Å². The highest BCUT2D eigenvalue weighted by molar-refractivity contribution is 5.97. The van der Waals surface area contributed by atoms with E-state index in [1.54, 1.807) is 7.11 Å². The maximum Gasteiger partial charge on any atom is 0.251 e. The number of carbonyl (C=O) groups excluding carboxylic acids is 1. The number of ether oxygens (including phenoxy) is 1. The van der Waals surface area contributed by atoms with Crippen LogP contribution in [-0.2, 0) is 0 Å². The molecular weight excluding hydrogens is 202 g/mol. The normalized spacial score (nSPS) is 18.9. The predicted octanol–water partition coefficient (Wildman–Crippen LogP) is 2.32. The highest BCUT2D eigenvalue weighted by Gasteiger charge is 2.24. The summed E-state index contributed by atoms with van der Waals surface area (Å²) in [5, 5.41) is 2.93. The van der Waals surface area contributed by atoms with Crippen LogP contribution < -0.4 is 10.1 Å². The van der Waals surface area contributed by atoms with Gasteiger partial charge in [0.1, 0.15) is 5.75 Å². The van der Waals surface area contributed by atoms with E-state index in [1.807, 2.05) is 18.2 Å². The van der Waals surface area contributed by atoms with Gasteiger partial charge in [-0.05, 0) is 30.2 Å². The van der Waals surface area contributed by atoms with E-state index in [0.717, 1.165) is 36.3 Å².